The summed E-state index contributed by atoms with van der Waals surface area (Å²) in [6.45, 7) is 0.959. The van der Waals surface area contributed by atoms with Gasteiger partial charge in [-0.05, 0) is 22.9 Å². The van der Waals surface area contributed by atoms with Crippen molar-refractivity contribution in [2.75, 3.05) is 13.2 Å². The van der Waals surface area contributed by atoms with Crippen LogP contribution >= 0.6 is 22.7 Å². The third-order valence-electron chi connectivity index (χ3n) is 3.93. The Morgan fingerprint density at radius 3 is 1.88 bits per heavy atom. The molecule has 0 atom stereocenters. The first-order chi connectivity index (χ1) is 12.6. The summed E-state index contributed by atoms with van der Waals surface area (Å²) in [5, 5.41) is 14.2. The van der Waals surface area contributed by atoms with Crippen LogP contribution in [-0.4, -0.2) is 43.1 Å². The van der Waals surface area contributed by atoms with E-state index in [1.165, 1.54) is 22.7 Å². The zero-order chi connectivity index (χ0) is 18.1. The predicted molar refractivity (Wildman–Crippen MR) is 102 cm³/mol. The predicted octanol–water partition coefficient (Wildman–Crippen LogP) is 1.28. The molecule has 10 heteroatoms. The standard InChI is InChI=1S/C16H15N5O3S2/c22-4-3-21(7-11-17-13(23)9-1-5-25-15(9)19-11)8-12-18-14(24)10-2-6-26-16(10)20-12/h1-2,5-6,22H,3-4,7-8H2,(H,17,19,23)(H,18,20,24). The molecule has 0 spiro atoms. The second kappa shape index (κ2) is 7.08. The van der Waals surface area contributed by atoms with Crippen molar-refractivity contribution < 1.29 is 5.11 Å². The third-order valence-corrected chi connectivity index (χ3v) is 5.54. The second-order valence-corrected chi connectivity index (χ2v) is 7.53. The van der Waals surface area contributed by atoms with E-state index in [1.54, 1.807) is 12.1 Å². The molecule has 0 radical (unpaired) electrons. The maximum atomic E-state index is 12.1. The fourth-order valence-corrected chi connectivity index (χ4v) is 4.32. The van der Waals surface area contributed by atoms with E-state index < -0.39 is 0 Å². The summed E-state index contributed by atoms with van der Waals surface area (Å²) in [7, 11) is 0. The minimum absolute atomic E-state index is 0.0586. The number of aromatic nitrogens is 4. The smallest absolute Gasteiger partial charge is 0.259 e. The SMILES string of the molecule is O=c1[nH]c(CN(CCO)Cc2nc3sccc3c(=O)[nH]2)nc2sccc12. The van der Waals surface area contributed by atoms with Crippen molar-refractivity contribution in [3.8, 4) is 0 Å². The van der Waals surface area contributed by atoms with Gasteiger partial charge in [-0.3, -0.25) is 14.5 Å². The molecule has 4 aromatic rings. The normalized spacial score (nSPS) is 11.8. The van der Waals surface area contributed by atoms with Crippen LogP contribution in [-0.2, 0) is 13.1 Å². The lowest BCUT2D eigenvalue weighted by molar-refractivity contribution is 0.178. The Hall–Kier alpha value is -2.40. The van der Waals surface area contributed by atoms with Gasteiger partial charge in [0.15, 0.2) is 0 Å². The molecule has 4 aromatic heterocycles. The molecule has 0 saturated heterocycles. The van der Waals surface area contributed by atoms with Crippen molar-refractivity contribution in [3.05, 3.63) is 55.2 Å². The molecule has 3 N–H and O–H groups in total. The van der Waals surface area contributed by atoms with Gasteiger partial charge in [-0.25, -0.2) is 9.97 Å². The quantitative estimate of drug-likeness (QED) is 0.458. The van der Waals surface area contributed by atoms with Crippen LogP contribution in [0.5, 0.6) is 0 Å². The number of hydrogen-bond acceptors (Lipinski definition) is 8. The molecular formula is C16H15N5O3S2. The molecular weight excluding hydrogens is 374 g/mol. The first-order valence-electron chi connectivity index (χ1n) is 7.90. The van der Waals surface area contributed by atoms with Gasteiger partial charge < -0.3 is 15.1 Å². The number of hydrogen-bond donors (Lipinski definition) is 3. The third kappa shape index (κ3) is 3.31. The van der Waals surface area contributed by atoms with Crippen LogP contribution in [0.2, 0.25) is 0 Å². The average molecular weight is 389 g/mol. The van der Waals surface area contributed by atoms with Crippen molar-refractivity contribution in [2.24, 2.45) is 0 Å². The highest BCUT2D eigenvalue weighted by molar-refractivity contribution is 7.17. The molecule has 4 heterocycles. The lowest BCUT2D eigenvalue weighted by atomic mass is 10.3. The van der Waals surface area contributed by atoms with E-state index >= 15 is 0 Å². The summed E-state index contributed by atoms with van der Waals surface area (Å²) in [5.41, 5.74) is -0.358. The summed E-state index contributed by atoms with van der Waals surface area (Å²) in [6, 6.07) is 3.48. The van der Waals surface area contributed by atoms with Crippen LogP contribution in [0.25, 0.3) is 20.4 Å². The Labute approximate surface area is 154 Å². The van der Waals surface area contributed by atoms with Gasteiger partial charge >= 0.3 is 0 Å². The Balaban J connectivity index is 1.61. The summed E-state index contributed by atoms with van der Waals surface area (Å²) in [4.78, 5) is 41.9. The number of fused-ring (bicyclic) bond motifs is 2. The Morgan fingerprint density at radius 2 is 1.42 bits per heavy atom. The molecule has 0 aliphatic heterocycles. The van der Waals surface area contributed by atoms with Gasteiger partial charge in [-0.15, -0.1) is 22.7 Å². The van der Waals surface area contributed by atoms with Gasteiger partial charge in [-0.2, -0.15) is 0 Å². The van der Waals surface area contributed by atoms with Crippen molar-refractivity contribution in [3.63, 3.8) is 0 Å². The Kier molecular flexibility index (Phi) is 4.64. The van der Waals surface area contributed by atoms with E-state index in [-0.39, 0.29) is 17.7 Å². The lowest BCUT2D eigenvalue weighted by Gasteiger charge is -2.19. The summed E-state index contributed by atoms with van der Waals surface area (Å²) in [5.74, 6) is 1.02. The van der Waals surface area contributed by atoms with Crippen LogP contribution in [0.1, 0.15) is 11.6 Å². The van der Waals surface area contributed by atoms with Crippen molar-refractivity contribution in [2.45, 2.75) is 13.1 Å². The monoisotopic (exact) mass is 389 g/mol. The first-order valence-corrected chi connectivity index (χ1v) is 9.66. The number of thiophene rings is 2. The number of aliphatic hydroxyl groups is 1. The largest absolute Gasteiger partial charge is 0.395 e. The molecule has 0 saturated carbocycles. The van der Waals surface area contributed by atoms with Crippen LogP contribution in [0.4, 0.5) is 0 Å². The fourth-order valence-electron chi connectivity index (χ4n) is 2.75. The van der Waals surface area contributed by atoms with Gasteiger partial charge in [-0.1, -0.05) is 0 Å². The van der Waals surface area contributed by atoms with E-state index in [9.17, 15) is 14.7 Å². The van der Waals surface area contributed by atoms with E-state index in [1.807, 2.05) is 15.7 Å². The van der Waals surface area contributed by atoms with E-state index in [4.69, 9.17) is 0 Å². The van der Waals surface area contributed by atoms with E-state index in [2.05, 4.69) is 19.9 Å². The molecule has 0 aliphatic rings. The maximum absolute atomic E-state index is 12.1. The summed E-state index contributed by atoms with van der Waals surface area (Å²) >= 11 is 2.81. The number of nitrogens with zero attached hydrogens (tertiary/aromatic N) is 3. The van der Waals surface area contributed by atoms with Gasteiger partial charge in [0.25, 0.3) is 11.1 Å². The molecule has 134 valence electrons. The highest BCUT2D eigenvalue weighted by Crippen LogP contribution is 2.16. The highest BCUT2D eigenvalue weighted by Gasteiger charge is 2.13. The molecule has 0 aromatic carbocycles. The number of aliphatic hydroxyl groups excluding tert-OH is 1. The average Bonchev–Trinajstić information content (AvgIpc) is 3.24. The number of H-pyrrole nitrogens is 2. The number of nitrogens with one attached hydrogen (secondary N) is 2. The Morgan fingerprint density at radius 1 is 0.923 bits per heavy atom. The zero-order valence-corrected chi connectivity index (χ0v) is 15.2. The highest BCUT2D eigenvalue weighted by atomic mass is 32.1. The molecule has 0 aliphatic carbocycles. The maximum Gasteiger partial charge on any atom is 0.259 e. The van der Waals surface area contributed by atoms with Crippen LogP contribution in [0, 0.1) is 0 Å². The molecule has 0 fully saturated rings. The summed E-state index contributed by atoms with van der Waals surface area (Å²) in [6.07, 6.45) is 0. The lowest BCUT2D eigenvalue weighted by Crippen LogP contribution is -2.29. The number of aromatic amines is 2. The molecule has 0 unspecified atom stereocenters. The second-order valence-electron chi connectivity index (χ2n) is 5.74. The van der Waals surface area contributed by atoms with Crippen molar-refractivity contribution in [1.82, 2.24) is 24.8 Å². The van der Waals surface area contributed by atoms with Gasteiger partial charge in [0, 0.05) is 6.54 Å². The molecule has 8 nitrogen and oxygen atoms in total. The molecule has 0 amide bonds. The zero-order valence-electron chi connectivity index (χ0n) is 13.6. The van der Waals surface area contributed by atoms with Crippen LogP contribution < -0.4 is 11.1 Å². The van der Waals surface area contributed by atoms with Gasteiger partial charge in [0.05, 0.1) is 30.5 Å². The van der Waals surface area contributed by atoms with Crippen LogP contribution in [0.15, 0.2) is 32.5 Å². The summed E-state index contributed by atoms with van der Waals surface area (Å²) < 4.78 is 0. The minimum atomic E-state index is -0.179. The number of rotatable bonds is 6. The van der Waals surface area contributed by atoms with Crippen LogP contribution in [0.3, 0.4) is 0 Å². The molecule has 26 heavy (non-hydrogen) atoms. The first kappa shape index (κ1) is 17.0. The van der Waals surface area contributed by atoms with E-state index in [0.29, 0.717) is 51.7 Å². The minimum Gasteiger partial charge on any atom is -0.395 e. The van der Waals surface area contributed by atoms with Crippen molar-refractivity contribution in [1.29, 1.82) is 0 Å². The van der Waals surface area contributed by atoms with Gasteiger partial charge in [0.2, 0.25) is 0 Å². The molecule has 4 rings (SSSR count). The van der Waals surface area contributed by atoms with Crippen molar-refractivity contribution >= 4 is 43.1 Å². The fraction of sp³-hybridized carbons (Fsp3) is 0.250. The van der Waals surface area contributed by atoms with Gasteiger partial charge in [0.1, 0.15) is 21.3 Å². The topological polar surface area (TPSA) is 115 Å². The molecule has 0 bridgehead atoms. The van der Waals surface area contributed by atoms with E-state index in [0.717, 1.165) is 0 Å². The Bertz CT molecular complexity index is 1090.